The summed E-state index contributed by atoms with van der Waals surface area (Å²) >= 11 is 0. The Kier molecular flexibility index (Phi) is 4.60. The lowest BCUT2D eigenvalue weighted by Crippen LogP contribution is -2.18. The highest BCUT2D eigenvalue weighted by molar-refractivity contribution is 6.06. The number of amides is 1. The lowest BCUT2D eigenvalue weighted by atomic mass is 10.1. The molecule has 2 N–H and O–H groups in total. The number of aromatic hydroxyl groups is 1. The van der Waals surface area contributed by atoms with Crippen molar-refractivity contribution in [2.24, 2.45) is 0 Å². The average molecular weight is 313 g/mol. The van der Waals surface area contributed by atoms with Gasteiger partial charge in [-0.2, -0.15) is 0 Å². The number of nitrogens with one attached hydrogen (secondary N) is 1. The van der Waals surface area contributed by atoms with Crippen LogP contribution < -0.4 is 5.32 Å². The van der Waals surface area contributed by atoms with Gasteiger partial charge >= 0.3 is 0 Å². The molecule has 2 aromatic rings. The van der Waals surface area contributed by atoms with Crippen molar-refractivity contribution < 1.29 is 19.4 Å². The van der Waals surface area contributed by atoms with E-state index in [1.165, 1.54) is 6.07 Å². The summed E-state index contributed by atoms with van der Waals surface area (Å²) in [5.41, 5.74) is 2.55. The third-order valence-electron chi connectivity index (χ3n) is 3.76. The quantitative estimate of drug-likeness (QED) is 0.852. The van der Waals surface area contributed by atoms with Crippen LogP contribution in [0.15, 0.2) is 42.5 Å². The van der Waals surface area contributed by atoms with Gasteiger partial charge in [0.1, 0.15) is 5.75 Å². The van der Waals surface area contributed by atoms with Crippen LogP contribution in [0.1, 0.15) is 34.2 Å². The smallest absolute Gasteiger partial charge is 0.256 e. The van der Waals surface area contributed by atoms with Crippen LogP contribution in [0.5, 0.6) is 5.75 Å². The van der Waals surface area contributed by atoms with Gasteiger partial charge in [-0.15, -0.1) is 0 Å². The standard InChI is InChI=1S/C18H19NO4/c1-12-5-2-3-6-14(12)17(21)19-15-11-13(7-8-16(15)20)18-22-9-4-10-23-18/h2-3,5-8,11,18,20H,4,9-10H2,1H3,(H,19,21). The molecule has 1 heterocycles. The third-order valence-corrected chi connectivity index (χ3v) is 3.76. The minimum Gasteiger partial charge on any atom is -0.506 e. The molecule has 0 saturated carbocycles. The van der Waals surface area contributed by atoms with Crippen molar-refractivity contribution in [3.63, 3.8) is 0 Å². The number of hydrogen-bond acceptors (Lipinski definition) is 4. The lowest BCUT2D eigenvalue weighted by molar-refractivity contribution is -0.183. The van der Waals surface area contributed by atoms with E-state index >= 15 is 0 Å². The predicted molar refractivity (Wildman–Crippen MR) is 86.5 cm³/mol. The van der Waals surface area contributed by atoms with E-state index in [4.69, 9.17) is 9.47 Å². The van der Waals surface area contributed by atoms with Crippen molar-refractivity contribution in [1.29, 1.82) is 0 Å². The Balaban J connectivity index is 1.82. The highest BCUT2D eigenvalue weighted by atomic mass is 16.7. The van der Waals surface area contributed by atoms with Gasteiger partial charge in [0.15, 0.2) is 6.29 Å². The number of hydrogen-bond donors (Lipinski definition) is 2. The van der Waals surface area contributed by atoms with Gasteiger partial charge in [-0.25, -0.2) is 0 Å². The highest BCUT2D eigenvalue weighted by Crippen LogP contribution is 2.31. The van der Waals surface area contributed by atoms with E-state index in [0.717, 1.165) is 17.5 Å². The minimum absolute atomic E-state index is 0.00601. The van der Waals surface area contributed by atoms with Crippen LogP contribution in [0.4, 0.5) is 5.69 Å². The van der Waals surface area contributed by atoms with E-state index in [0.29, 0.717) is 24.5 Å². The van der Waals surface area contributed by atoms with Crippen molar-refractivity contribution in [2.45, 2.75) is 19.6 Å². The molecule has 1 amide bonds. The normalized spacial score (nSPS) is 15.3. The molecule has 0 spiro atoms. The summed E-state index contributed by atoms with van der Waals surface area (Å²) in [4.78, 5) is 12.4. The topological polar surface area (TPSA) is 67.8 Å². The Morgan fingerprint density at radius 3 is 2.65 bits per heavy atom. The van der Waals surface area contributed by atoms with Crippen LogP contribution in [-0.2, 0) is 9.47 Å². The number of phenols is 1. The Bertz CT molecular complexity index is 708. The van der Waals surface area contributed by atoms with Gasteiger partial charge in [0, 0.05) is 11.1 Å². The number of carbonyl (C=O) groups excluding carboxylic acids is 1. The van der Waals surface area contributed by atoms with Gasteiger partial charge in [-0.3, -0.25) is 4.79 Å². The van der Waals surface area contributed by atoms with Crippen LogP contribution in [-0.4, -0.2) is 24.2 Å². The first-order chi connectivity index (χ1) is 11.1. The fraction of sp³-hybridized carbons (Fsp3) is 0.278. The monoisotopic (exact) mass is 313 g/mol. The van der Waals surface area contributed by atoms with Crippen molar-refractivity contribution >= 4 is 11.6 Å². The maximum Gasteiger partial charge on any atom is 0.256 e. The largest absolute Gasteiger partial charge is 0.506 e. The Morgan fingerprint density at radius 2 is 1.91 bits per heavy atom. The molecule has 1 saturated heterocycles. The summed E-state index contributed by atoms with van der Waals surface area (Å²) < 4.78 is 11.1. The van der Waals surface area contributed by atoms with Gasteiger partial charge in [0.2, 0.25) is 0 Å². The van der Waals surface area contributed by atoms with Crippen molar-refractivity contribution in [3.05, 3.63) is 59.2 Å². The molecule has 23 heavy (non-hydrogen) atoms. The Morgan fingerprint density at radius 1 is 1.17 bits per heavy atom. The second kappa shape index (κ2) is 6.81. The molecule has 3 rings (SSSR count). The zero-order valence-corrected chi connectivity index (χ0v) is 12.9. The summed E-state index contributed by atoms with van der Waals surface area (Å²) in [5, 5.41) is 12.7. The molecule has 1 fully saturated rings. The molecule has 0 bridgehead atoms. The van der Waals surface area contributed by atoms with Crippen LogP contribution >= 0.6 is 0 Å². The van der Waals surface area contributed by atoms with Gasteiger partial charge < -0.3 is 19.9 Å². The first-order valence-corrected chi connectivity index (χ1v) is 7.58. The number of aryl methyl sites for hydroxylation is 1. The van der Waals surface area contributed by atoms with Crippen LogP contribution in [0.25, 0.3) is 0 Å². The van der Waals surface area contributed by atoms with E-state index in [9.17, 15) is 9.90 Å². The van der Waals surface area contributed by atoms with Crippen LogP contribution in [0, 0.1) is 6.92 Å². The maximum atomic E-state index is 12.4. The van der Waals surface area contributed by atoms with E-state index in [2.05, 4.69) is 5.32 Å². The second-order valence-electron chi connectivity index (χ2n) is 5.47. The van der Waals surface area contributed by atoms with E-state index in [-0.39, 0.29) is 11.7 Å². The average Bonchev–Trinajstić information content (AvgIpc) is 2.58. The number of carbonyl (C=O) groups is 1. The molecule has 0 aliphatic carbocycles. The van der Waals surface area contributed by atoms with Crippen molar-refractivity contribution in [1.82, 2.24) is 0 Å². The number of phenolic OH excluding ortho intramolecular Hbond substituents is 1. The van der Waals surface area contributed by atoms with Gasteiger partial charge in [0.25, 0.3) is 5.91 Å². The summed E-state index contributed by atoms with van der Waals surface area (Å²) in [5.74, 6) is -0.257. The van der Waals surface area contributed by atoms with E-state index in [1.54, 1.807) is 18.2 Å². The molecule has 120 valence electrons. The van der Waals surface area contributed by atoms with Crippen molar-refractivity contribution in [3.8, 4) is 5.75 Å². The number of ether oxygens (including phenoxy) is 2. The van der Waals surface area contributed by atoms with Crippen molar-refractivity contribution in [2.75, 3.05) is 18.5 Å². The zero-order chi connectivity index (χ0) is 16.2. The Labute approximate surface area is 134 Å². The zero-order valence-electron chi connectivity index (χ0n) is 12.9. The molecule has 5 nitrogen and oxygen atoms in total. The second-order valence-corrected chi connectivity index (χ2v) is 5.47. The highest BCUT2D eigenvalue weighted by Gasteiger charge is 2.19. The first-order valence-electron chi connectivity index (χ1n) is 7.58. The molecule has 1 aliphatic heterocycles. The number of benzene rings is 2. The molecule has 0 atom stereocenters. The molecule has 0 unspecified atom stereocenters. The summed E-state index contributed by atoms with van der Waals surface area (Å²) in [6, 6.07) is 12.2. The number of anilines is 1. The molecule has 2 aromatic carbocycles. The number of rotatable bonds is 3. The predicted octanol–water partition coefficient (Wildman–Crippen LogP) is 3.39. The van der Waals surface area contributed by atoms with Crippen LogP contribution in [0.3, 0.4) is 0 Å². The van der Waals surface area contributed by atoms with Gasteiger partial charge in [-0.1, -0.05) is 24.3 Å². The Hall–Kier alpha value is -2.37. The van der Waals surface area contributed by atoms with E-state index < -0.39 is 6.29 Å². The molecule has 0 radical (unpaired) electrons. The summed E-state index contributed by atoms with van der Waals surface area (Å²) in [6.45, 7) is 3.14. The van der Waals surface area contributed by atoms with E-state index in [1.807, 2.05) is 25.1 Å². The SMILES string of the molecule is Cc1ccccc1C(=O)Nc1cc(C2OCCCO2)ccc1O. The first kappa shape index (κ1) is 15.5. The molecule has 5 heteroatoms. The van der Waals surface area contributed by atoms with Gasteiger partial charge in [0.05, 0.1) is 18.9 Å². The minimum atomic E-state index is -0.460. The summed E-state index contributed by atoms with van der Waals surface area (Å²) in [7, 11) is 0. The molecule has 1 aliphatic rings. The molecular weight excluding hydrogens is 294 g/mol. The van der Waals surface area contributed by atoms with Crippen LogP contribution in [0.2, 0.25) is 0 Å². The molecular formula is C18H19NO4. The van der Waals surface area contributed by atoms with Gasteiger partial charge in [-0.05, 0) is 37.1 Å². The third kappa shape index (κ3) is 3.52. The fourth-order valence-corrected chi connectivity index (χ4v) is 2.50. The lowest BCUT2D eigenvalue weighted by Gasteiger charge is -2.24. The molecule has 0 aromatic heterocycles. The fourth-order valence-electron chi connectivity index (χ4n) is 2.50. The maximum absolute atomic E-state index is 12.4. The summed E-state index contributed by atoms with van der Waals surface area (Å²) in [6.07, 6.45) is 0.407.